The summed E-state index contributed by atoms with van der Waals surface area (Å²) in [5.41, 5.74) is 0.853. The third-order valence-corrected chi connectivity index (χ3v) is 2.89. The number of halogens is 1. The number of amides is 1. The van der Waals surface area contributed by atoms with Gasteiger partial charge in [-0.2, -0.15) is 0 Å². The van der Waals surface area contributed by atoms with Crippen LogP contribution in [0.15, 0.2) is 24.3 Å². The number of aliphatic carboxylic acids is 1. The lowest BCUT2D eigenvalue weighted by Gasteiger charge is -2.15. The third kappa shape index (κ3) is 4.75. The lowest BCUT2D eigenvalue weighted by molar-refractivity contribution is -0.137. The van der Waals surface area contributed by atoms with Crippen LogP contribution in [0.25, 0.3) is 0 Å². The van der Waals surface area contributed by atoms with E-state index in [9.17, 15) is 9.59 Å². The van der Waals surface area contributed by atoms with Crippen LogP contribution in [-0.2, 0) is 9.59 Å². The van der Waals surface area contributed by atoms with E-state index in [2.05, 4.69) is 5.32 Å². The van der Waals surface area contributed by atoms with Crippen molar-refractivity contribution in [3.8, 4) is 0 Å². The van der Waals surface area contributed by atoms with Crippen molar-refractivity contribution in [2.75, 3.05) is 0 Å². The van der Waals surface area contributed by atoms with Gasteiger partial charge in [-0.1, -0.05) is 29.8 Å². The van der Waals surface area contributed by atoms with E-state index >= 15 is 0 Å². The molecule has 98 valence electrons. The zero-order chi connectivity index (χ0) is 13.5. The molecule has 0 bridgehead atoms. The first-order valence-corrected chi connectivity index (χ1v) is 6.14. The highest BCUT2D eigenvalue weighted by molar-refractivity contribution is 6.31. The Kier molecular flexibility index (Phi) is 5.65. The Labute approximate surface area is 111 Å². The molecule has 0 radical (unpaired) electrons. The Hall–Kier alpha value is -1.55. The first-order chi connectivity index (χ1) is 8.50. The number of hydrogen-bond acceptors (Lipinski definition) is 2. The normalized spacial score (nSPS) is 11.9. The molecule has 1 aromatic rings. The third-order valence-electron chi connectivity index (χ3n) is 2.54. The van der Waals surface area contributed by atoms with E-state index in [0.29, 0.717) is 11.4 Å². The van der Waals surface area contributed by atoms with E-state index in [4.69, 9.17) is 16.7 Å². The molecular formula is C13H16ClNO3. The topological polar surface area (TPSA) is 66.4 Å². The molecule has 1 amide bonds. The Morgan fingerprint density at radius 2 is 2.00 bits per heavy atom. The molecule has 0 saturated heterocycles. The second-order valence-corrected chi connectivity index (χ2v) is 4.47. The van der Waals surface area contributed by atoms with Gasteiger partial charge in [-0.05, 0) is 25.0 Å². The van der Waals surface area contributed by atoms with E-state index in [1.165, 1.54) is 0 Å². The predicted octanol–water partition coefficient (Wildman–Crippen LogP) is 2.77. The van der Waals surface area contributed by atoms with Crippen LogP contribution in [0.3, 0.4) is 0 Å². The monoisotopic (exact) mass is 269 g/mol. The summed E-state index contributed by atoms with van der Waals surface area (Å²) in [6.45, 7) is 1.84. The van der Waals surface area contributed by atoms with Crippen LogP contribution < -0.4 is 5.32 Å². The van der Waals surface area contributed by atoms with Crippen molar-refractivity contribution in [3.05, 3.63) is 34.9 Å². The molecule has 1 unspecified atom stereocenters. The fourth-order valence-corrected chi connectivity index (χ4v) is 1.92. The molecule has 0 heterocycles. The standard InChI is InChI=1S/C13H16ClNO3/c1-9(10-5-2-3-6-11(10)14)15-12(16)7-4-8-13(17)18/h2-3,5-6,9H,4,7-8H2,1H3,(H,15,16)(H,17,18). The largest absolute Gasteiger partial charge is 0.481 e. The van der Waals surface area contributed by atoms with Gasteiger partial charge in [0.15, 0.2) is 0 Å². The average molecular weight is 270 g/mol. The highest BCUT2D eigenvalue weighted by Gasteiger charge is 2.12. The number of carboxylic acid groups (broad SMARTS) is 1. The Morgan fingerprint density at radius 3 is 2.61 bits per heavy atom. The van der Waals surface area contributed by atoms with E-state index in [1.54, 1.807) is 6.07 Å². The van der Waals surface area contributed by atoms with E-state index in [0.717, 1.165) is 5.56 Å². The van der Waals surface area contributed by atoms with Gasteiger partial charge in [-0.15, -0.1) is 0 Å². The molecule has 1 atom stereocenters. The van der Waals surface area contributed by atoms with Crippen molar-refractivity contribution in [2.24, 2.45) is 0 Å². The number of rotatable bonds is 6. The molecule has 1 rings (SSSR count). The Morgan fingerprint density at radius 1 is 1.33 bits per heavy atom. The number of carbonyl (C=O) groups is 2. The van der Waals surface area contributed by atoms with Crippen LogP contribution in [0, 0.1) is 0 Å². The van der Waals surface area contributed by atoms with E-state index in [-0.39, 0.29) is 24.8 Å². The summed E-state index contributed by atoms with van der Waals surface area (Å²) in [5, 5.41) is 11.9. The van der Waals surface area contributed by atoms with Crippen LogP contribution in [0.4, 0.5) is 0 Å². The number of carbonyl (C=O) groups excluding carboxylic acids is 1. The number of carboxylic acids is 1. The van der Waals surface area contributed by atoms with Gasteiger partial charge in [-0.25, -0.2) is 0 Å². The van der Waals surface area contributed by atoms with E-state index < -0.39 is 5.97 Å². The summed E-state index contributed by atoms with van der Waals surface area (Å²) in [6, 6.07) is 7.12. The molecule has 4 nitrogen and oxygen atoms in total. The van der Waals surface area contributed by atoms with Gasteiger partial charge in [0.25, 0.3) is 0 Å². The molecule has 0 spiro atoms. The van der Waals surface area contributed by atoms with Gasteiger partial charge in [-0.3, -0.25) is 9.59 Å². The number of nitrogens with one attached hydrogen (secondary N) is 1. The van der Waals surface area contributed by atoms with Gasteiger partial charge < -0.3 is 10.4 Å². The summed E-state index contributed by atoms with van der Waals surface area (Å²) in [4.78, 5) is 21.9. The minimum absolute atomic E-state index is 0.00783. The van der Waals surface area contributed by atoms with Gasteiger partial charge in [0.2, 0.25) is 5.91 Å². The summed E-state index contributed by atoms with van der Waals surface area (Å²) >= 11 is 6.02. The van der Waals surface area contributed by atoms with Crippen LogP contribution in [-0.4, -0.2) is 17.0 Å². The summed E-state index contributed by atoms with van der Waals surface area (Å²) in [5.74, 6) is -1.05. The lowest BCUT2D eigenvalue weighted by atomic mass is 10.1. The summed E-state index contributed by atoms with van der Waals surface area (Å²) in [7, 11) is 0. The number of hydrogen-bond donors (Lipinski definition) is 2. The Bertz CT molecular complexity index is 434. The molecule has 0 fully saturated rings. The zero-order valence-electron chi connectivity index (χ0n) is 10.1. The molecule has 1 aromatic carbocycles. The molecular weight excluding hydrogens is 254 g/mol. The van der Waals surface area contributed by atoms with Crippen LogP contribution in [0.5, 0.6) is 0 Å². The van der Waals surface area contributed by atoms with Crippen molar-refractivity contribution in [2.45, 2.75) is 32.2 Å². The minimum Gasteiger partial charge on any atom is -0.481 e. The van der Waals surface area contributed by atoms with Crippen molar-refractivity contribution in [1.82, 2.24) is 5.32 Å². The quantitative estimate of drug-likeness (QED) is 0.834. The average Bonchev–Trinajstić information content (AvgIpc) is 2.28. The molecule has 0 aliphatic rings. The maximum atomic E-state index is 11.6. The van der Waals surface area contributed by atoms with Crippen molar-refractivity contribution in [3.63, 3.8) is 0 Å². The fraction of sp³-hybridized carbons (Fsp3) is 0.385. The van der Waals surface area contributed by atoms with Crippen LogP contribution in [0.2, 0.25) is 5.02 Å². The summed E-state index contributed by atoms with van der Waals surface area (Å²) in [6.07, 6.45) is 0.561. The molecule has 0 aliphatic heterocycles. The second kappa shape index (κ2) is 7.01. The van der Waals surface area contributed by atoms with Crippen molar-refractivity contribution < 1.29 is 14.7 Å². The first kappa shape index (κ1) is 14.5. The van der Waals surface area contributed by atoms with Gasteiger partial charge in [0.05, 0.1) is 6.04 Å². The fourth-order valence-electron chi connectivity index (χ4n) is 1.62. The highest BCUT2D eigenvalue weighted by atomic mass is 35.5. The van der Waals surface area contributed by atoms with Crippen LogP contribution in [0.1, 0.15) is 37.8 Å². The SMILES string of the molecule is CC(NC(=O)CCCC(=O)O)c1ccccc1Cl. The summed E-state index contributed by atoms with van der Waals surface area (Å²) < 4.78 is 0. The maximum Gasteiger partial charge on any atom is 0.303 e. The minimum atomic E-state index is -0.887. The molecule has 0 aromatic heterocycles. The molecule has 0 aliphatic carbocycles. The predicted molar refractivity (Wildman–Crippen MR) is 69.5 cm³/mol. The van der Waals surface area contributed by atoms with Gasteiger partial charge >= 0.3 is 5.97 Å². The Balaban J connectivity index is 2.45. The van der Waals surface area contributed by atoms with Gasteiger partial charge in [0, 0.05) is 17.9 Å². The van der Waals surface area contributed by atoms with Gasteiger partial charge in [0.1, 0.15) is 0 Å². The molecule has 2 N–H and O–H groups in total. The maximum absolute atomic E-state index is 11.6. The molecule has 0 saturated carbocycles. The lowest BCUT2D eigenvalue weighted by Crippen LogP contribution is -2.26. The number of benzene rings is 1. The van der Waals surface area contributed by atoms with E-state index in [1.807, 2.05) is 25.1 Å². The van der Waals surface area contributed by atoms with Crippen molar-refractivity contribution >= 4 is 23.5 Å². The smallest absolute Gasteiger partial charge is 0.303 e. The zero-order valence-corrected chi connectivity index (χ0v) is 10.9. The second-order valence-electron chi connectivity index (χ2n) is 4.06. The van der Waals surface area contributed by atoms with Crippen LogP contribution >= 0.6 is 11.6 Å². The van der Waals surface area contributed by atoms with Crippen molar-refractivity contribution in [1.29, 1.82) is 0 Å². The highest BCUT2D eigenvalue weighted by Crippen LogP contribution is 2.22. The first-order valence-electron chi connectivity index (χ1n) is 5.76. The molecule has 18 heavy (non-hydrogen) atoms. The molecule has 5 heteroatoms.